The maximum Gasteiger partial charge on any atom is 0.229 e. The molecule has 0 spiro atoms. The van der Waals surface area contributed by atoms with E-state index < -0.39 is 6.10 Å². The van der Waals surface area contributed by atoms with Crippen molar-refractivity contribution in [2.75, 3.05) is 6.61 Å². The van der Waals surface area contributed by atoms with Gasteiger partial charge < -0.3 is 4.74 Å². The van der Waals surface area contributed by atoms with Gasteiger partial charge in [-0.2, -0.15) is 0 Å². The molecular weight excluding hydrogens is 104 g/mol. The summed E-state index contributed by atoms with van der Waals surface area (Å²) in [5, 5.41) is 0. The summed E-state index contributed by atoms with van der Waals surface area (Å²) in [7, 11) is 0. The first-order chi connectivity index (χ1) is 3.81. The molecule has 0 rings (SSSR count). The van der Waals surface area contributed by atoms with Crippen molar-refractivity contribution in [1.82, 2.24) is 0 Å². The number of terminal acetylenes is 1. The minimum atomic E-state index is -0.494. The lowest BCUT2D eigenvalue weighted by Crippen LogP contribution is -2.08. The Bertz CT molecular complexity index is 102. The van der Waals surface area contributed by atoms with Gasteiger partial charge in [-0.3, -0.25) is 4.79 Å². The fourth-order valence-corrected chi connectivity index (χ4v) is 0.207. The largest absolute Gasteiger partial charge is 0.358 e. The first-order valence-electron chi connectivity index (χ1n) is 2.24. The molecule has 0 aliphatic heterocycles. The summed E-state index contributed by atoms with van der Waals surface area (Å²) in [4.78, 5) is 9.69. The van der Waals surface area contributed by atoms with Crippen LogP contribution in [0.1, 0.15) is 6.92 Å². The highest BCUT2D eigenvalue weighted by molar-refractivity contribution is 5.56. The van der Waals surface area contributed by atoms with E-state index in [-0.39, 0.29) is 6.61 Å². The van der Waals surface area contributed by atoms with Crippen molar-refractivity contribution in [3.63, 3.8) is 0 Å². The van der Waals surface area contributed by atoms with Crippen LogP contribution in [-0.4, -0.2) is 19.0 Å². The van der Waals surface area contributed by atoms with Gasteiger partial charge in [0.05, 0.1) is 0 Å². The highest BCUT2D eigenvalue weighted by atomic mass is 16.5. The lowest BCUT2D eigenvalue weighted by atomic mass is 10.5. The molecule has 0 aromatic heterocycles. The van der Waals surface area contributed by atoms with E-state index in [1.54, 1.807) is 13.2 Å². The first kappa shape index (κ1) is 7.19. The van der Waals surface area contributed by atoms with Gasteiger partial charge in [-0.15, -0.1) is 6.42 Å². The fourth-order valence-electron chi connectivity index (χ4n) is 0.207. The summed E-state index contributed by atoms with van der Waals surface area (Å²) in [6.07, 6.45) is 5.96. The predicted molar refractivity (Wildman–Crippen MR) is 29.9 cm³/mol. The Kier molecular flexibility index (Phi) is 3.91. The standard InChI is InChI=1S/C6H7O2/c1-3-4-8-6(2)5-7/h1,6H,4H2,2H3. The summed E-state index contributed by atoms with van der Waals surface area (Å²) >= 11 is 0. The quantitative estimate of drug-likeness (QED) is 0.484. The van der Waals surface area contributed by atoms with Gasteiger partial charge in [-0.1, -0.05) is 5.92 Å². The number of rotatable bonds is 3. The molecule has 0 aliphatic rings. The second kappa shape index (κ2) is 4.35. The Morgan fingerprint density at radius 2 is 2.50 bits per heavy atom. The third-order valence-corrected chi connectivity index (χ3v) is 0.583. The van der Waals surface area contributed by atoms with Crippen molar-refractivity contribution in [2.24, 2.45) is 0 Å². The van der Waals surface area contributed by atoms with Gasteiger partial charge >= 0.3 is 0 Å². The monoisotopic (exact) mass is 111 g/mol. The minimum absolute atomic E-state index is 0.177. The summed E-state index contributed by atoms with van der Waals surface area (Å²) in [5.41, 5.74) is 0. The number of hydrogen-bond acceptors (Lipinski definition) is 2. The molecule has 1 radical (unpaired) electrons. The van der Waals surface area contributed by atoms with Crippen molar-refractivity contribution in [3.05, 3.63) is 0 Å². The van der Waals surface area contributed by atoms with Gasteiger partial charge in [0.2, 0.25) is 6.29 Å². The maximum absolute atomic E-state index is 9.69. The molecule has 8 heavy (non-hydrogen) atoms. The molecule has 0 aromatic carbocycles. The molecule has 1 unspecified atom stereocenters. The van der Waals surface area contributed by atoms with Crippen LogP contribution >= 0.6 is 0 Å². The van der Waals surface area contributed by atoms with Crippen LogP contribution in [0.5, 0.6) is 0 Å². The zero-order valence-corrected chi connectivity index (χ0v) is 4.68. The smallest absolute Gasteiger partial charge is 0.229 e. The van der Waals surface area contributed by atoms with E-state index in [2.05, 4.69) is 10.7 Å². The molecule has 0 aliphatic carbocycles. The zero-order chi connectivity index (χ0) is 6.41. The minimum Gasteiger partial charge on any atom is -0.358 e. The Morgan fingerprint density at radius 3 is 2.88 bits per heavy atom. The van der Waals surface area contributed by atoms with Crippen molar-refractivity contribution in [2.45, 2.75) is 13.0 Å². The van der Waals surface area contributed by atoms with Gasteiger partial charge in [0.25, 0.3) is 0 Å². The van der Waals surface area contributed by atoms with E-state index in [1.807, 2.05) is 0 Å². The highest BCUT2D eigenvalue weighted by Crippen LogP contribution is 1.81. The van der Waals surface area contributed by atoms with E-state index in [0.29, 0.717) is 0 Å². The molecule has 0 saturated heterocycles. The van der Waals surface area contributed by atoms with Gasteiger partial charge in [0.1, 0.15) is 12.7 Å². The van der Waals surface area contributed by atoms with Crippen molar-refractivity contribution in [3.8, 4) is 12.3 Å². The molecule has 0 N–H and O–H groups in total. The maximum atomic E-state index is 9.69. The van der Waals surface area contributed by atoms with Crippen molar-refractivity contribution >= 4 is 6.29 Å². The van der Waals surface area contributed by atoms with Crippen molar-refractivity contribution < 1.29 is 9.53 Å². The molecule has 0 fully saturated rings. The third-order valence-electron chi connectivity index (χ3n) is 0.583. The van der Waals surface area contributed by atoms with E-state index in [1.165, 1.54) is 0 Å². The summed E-state index contributed by atoms with van der Waals surface area (Å²) in [5.74, 6) is 2.23. The van der Waals surface area contributed by atoms with Crippen LogP contribution in [0.2, 0.25) is 0 Å². The van der Waals surface area contributed by atoms with E-state index in [0.717, 1.165) is 0 Å². The zero-order valence-electron chi connectivity index (χ0n) is 4.68. The first-order valence-corrected chi connectivity index (χ1v) is 2.24. The molecule has 0 heterocycles. The normalized spacial score (nSPS) is 12.0. The number of hydrogen-bond donors (Lipinski definition) is 0. The Balaban J connectivity index is 3.13. The van der Waals surface area contributed by atoms with Gasteiger partial charge in [0, 0.05) is 0 Å². The molecule has 0 amide bonds. The Morgan fingerprint density at radius 1 is 1.88 bits per heavy atom. The highest BCUT2D eigenvalue weighted by Gasteiger charge is 1.95. The topological polar surface area (TPSA) is 26.3 Å². The molecule has 1 atom stereocenters. The molecule has 2 heteroatoms. The Hall–Kier alpha value is -0.810. The lowest BCUT2D eigenvalue weighted by Gasteiger charge is -1.97. The van der Waals surface area contributed by atoms with Crippen molar-refractivity contribution in [1.29, 1.82) is 0 Å². The molecule has 0 aromatic rings. The summed E-state index contributed by atoms with van der Waals surface area (Å²) in [6.45, 7) is 1.76. The fraction of sp³-hybridized carbons (Fsp3) is 0.500. The third kappa shape index (κ3) is 3.38. The summed E-state index contributed by atoms with van der Waals surface area (Å²) < 4.78 is 4.68. The Labute approximate surface area is 48.8 Å². The van der Waals surface area contributed by atoms with E-state index >= 15 is 0 Å². The molecule has 2 nitrogen and oxygen atoms in total. The second-order valence-electron chi connectivity index (χ2n) is 1.28. The lowest BCUT2D eigenvalue weighted by molar-refractivity contribution is 0.138. The van der Waals surface area contributed by atoms with Gasteiger partial charge in [0.15, 0.2) is 0 Å². The van der Waals surface area contributed by atoms with Crippen LogP contribution in [0.3, 0.4) is 0 Å². The van der Waals surface area contributed by atoms with Gasteiger partial charge in [-0.25, -0.2) is 0 Å². The number of carbonyl (C=O) groups excluding carboxylic acids is 1. The van der Waals surface area contributed by atoms with E-state index in [4.69, 9.17) is 6.42 Å². The SMILES string of the molecule is C#CCOC(C)[C]=O. The van der Waals surface area contributed by atoms with Crippen LogP contribution in [0.4, 0.5) is 0 Å². The van der Waals surface area contributed by atoms with Gasteiger partial charge in [-0.05, 0) is 6.92 Å². The average molecular weight is 111 g/mol. The predicted octanol–water partition coefficient (Wildman–Crippen LogP) is 0.134. The molecule has 0 saturated carbocycles. The van der Waals surface area contributed by atoms with E-state index in [9.17, 15) is 4.79 Å². The summed E-state index contributed by atoms with van der Waals surface area (Å²) in [6, 6.07) is 0. The van der Waals surface area contributed by atoms with Crippen LogP contribution in [0.15, 0.2) is 0 Å². The van der Waals surface area contributed by atoms with Crippen LogP contribution in [0, 0.1) is 12.3 Å². The molecular formula is C6H7O2. The molecule has 0 bridgehead atoms. The van der Waals surface area contributed by atoms with Crippen LogP contribution in [-0.2, 0) is 9.53 Å². The average Bonchev–Trinajstić information content (AvgIpc) is 1.83. The number of ether oxygens (including phenoxy) is 1. The molecule has 43 valence electrons. The van der Waals surface area contributed by atoms with Crippen LogP contribution < -0.4 is 0 Å². The second-order valence-corrected chi connectivity index (χ2v) is 1.28. The van der Waals surface area contributed by atoms with Crippen LogP contribution in [0.25, 0.3) is 0 Å².